The second-order valence-electron chi connectivity index (χ2n) is 3.35. The molecule has 1 atom stereocenters. The monoisotopic (exact) mass is 287 g/mol. The number of rotatable bonds is 7. The molecule has 0 aromatic carbocycles. The summed E-state index contributed by atoms with van der Waals surface area (Å²) in [5, 5.41) is 2.73. The number of carbonyl (C=O) groups is 1. The number of nitrogens with one attached hydrogen (secondary N) is 1. The summed E-state index contributed by atoms with van der Waals surface area (Å²) in [5.41, 5.74) is 16.0. The minimum absolute atomic E-state index is 0. The van der Waals surface area contributed by atoms with E-state index in [4.69, 9.17) is 17.2 Å². The molecule has 0 bridgehead atoms. The van der Waals surface area contributed by atoms with Crippen LogP contribution in [0.2, 0.25) is 0 Å². The molecule has 0 fully saturated rings. The van der Waals surface area contributed by atoms with Crippen molar-refractivity contribution >= 4 is 36.7 Å². The van der Waals surface area contributed by atoms with Gasteiger partial charge in [0.1, 0.15) is 0 Å². The van der Waals surface area contributed by atoms with Gasteiger partial charge in [-0.25, -0.2) is 0 Å². The lowest BCUT2D eigenvalue weighted by Gasteiger charge is -2.10. The van der Waals surface area contributed by atoms with Crippen LogP contribution < -0.4 is 22.5 Å². The topological polar surface area (TPSA) is 120 Å². The van der Waals surface area contributed by atoms with E-state index < -0.39 is 6.04 Å². The molecule has 0 saturated carbocycles. The molecule has 0 aromatic heterocycles. The lowest BCUT2D eigenvalue weighted by Crippen LogP contribution is -2.40. The van der Waals surface area contributed by atoms with Gasteiger partial charge in [0, 0.05) is 13.1 Å². The first-order valence-corrected chi connectivity index (χ1v) is 5.16. The Morgan fingerprint density at radius 3 is 2.41 bits per heavy atom. The van der Waals surface area contributed by atoms with E-state index in [1.54, 1.807) is 0 Å². The first kappa shape index (κ1) is 21.6. The SMILES string of the molecule is CCCNC(=O)[C@@H](N)CCCN=C(N)N.Cl.Cl. The lowest BCUT2D eigenvalue weighted by molar-refractivity contribution is -0.122. The van der Waals surface area contributed by atoms with Crippen LogP contribution in [0.5, 0.6) is 0 Å². The lowest BCUT2D eigenvalue weighted by atomic mass is 10.1. The fourth-order valence-corrected chi connectivity index (χ4v) is 1.03. The number of nitrogens with two attached hydrogens (primary N) is 3. The van der Waals surface area contributed by atoms with Crippen LogP contribution in [0.3, 0.4) is 0 Å². The Morgan fingerprint density at radius 2 is 1.94 bits per heavy atom. The van der Waals surface area contributed by atoms with Crippen LogP contribution in [0.4, 0.5) is 0 Å². The van der Waals surface area contributed by atoms with Crippen LogP contribution >= 0.6 is 24.8 Å². The Hall–Kier alpha value is -0.720. The van der Waals surface area contributed by atoms with Crippen LogP contribution in [0.15, 0.2) is 4.99 Å². The molecule has 17 heavy (non-hydrogen) atoms. The van der Waals surface area contributed by atoms with Gasteiger partial charge in [0.15, 0.2) is 5.96 Å². The standard InChI is InChI=1S/C9H21N5O.2ClH/c1-2-5-13-8(15)7(10)4-3-6-14-9(11)12;;/h7H,2-6,10H2,1H3,(H,13,15)(H4,11,12,14);2*1H/t7-;;/m0../s1. The Kier molecular flexibility index (Phi) is 16.9. The van der Waals surface area contributed by atoms with Crippen LogP contribution in [0, 0.1) is 0 Å². The molecule has 0 aliphatic carbocycles. The molecule has 1 amide bonds. The average Bonchev–Trinajstić information content (AvgIpc) is 2.20. The maximum absolute atomic E-state index is 11.3. The highest BCUT2D eigenvalue weighted by molar-refractivity contribution is 5.85. The van der Waals surface area contributed by atoms with Gasteiger partial charge in [-0.1, -0.05) is 6.92 Å². The predicted octanol–water partition coefficient (Wildman–Crippen LogP) is -0.263. The number of aliphatic imine (C=N–C) groups is 1. The summed E-state index contributed by atoms with van der Waals surface area (Å²) in [7, 11) is 0. The first-order valence-electron chi connectivity index (χ1n) is 5.16. The van der Waals surface area contributed by atoms with Crippen LogP contribution in [-0.4, -0.2) is 31.0 Å². The van der Waals surface area contributed by atoms with Gasteiger partial charge < -0.3 is 22.5 Å². The number of hydrogen-bond donors (Lipinski definition) is 4. The van der Waals surface area contributed by atoms with Crippen molar-refractivity contribution in [3.05, 3.63) is 0 Å². The van der Waals surface area contributed by atoms with Crippen molar-refractivity contribution in [2.75, 3.05) is 13.1 Å². The molecule has 0 heterocycles. The summed E-state index contributed by atoms with van der Waals surface area (Å²) < 4.78 is 0. The maximum Gasteiger partial charge on any atom is 0.236 e. The van der Waals surface area contributed by atoms with Crippen molar-refractivity contribution in [1.29, 1.82) is 0 Å². The van der Waals surface area contributed by atoms with E-state index in [-0.39, 0.29) is 36.7 Å². The fraction of sp³-hybridized carbons (Fsp3) is 0.778. The minimum atomic E-state index is -0.467. The highest BCUT2D eigenvalue weighted by atomic mass is 35.5. The number of halogens is 2. The van der Waals surface area contributed by atoms with E-state index in [1.165, 1.54) is 0 Å². The third-order valence-electron chi connectivity index (χ3n) is 1.85. The van der Waals surface area contributed by atoms with Crippen molar-refractivity contribution in [2.24, 2.45) is 22.2 Å². The zero-order valence-electron chi connectivity index (χ0n) is 10.0. The molecule has 0 aliphatic rings. The largest absolute Gasteiger partial charge is 0.370 e. The van der Waals surface area contributed by atoms with Gasteiger partial charge in [0.2, 0.25) is 5.91 Å². The summed E-state index contributed by atoms with van der Waals surface area (Å²) in [6.45, 7) is 3.17. The maximum atomic E-state index is 11.3. The summed E-state index contributed by atoms with van der Waals surface area (Å²) in [5.74, 6) is -0.0412. The highest BCUT2D eigenvalue weighted by Gasteiger charge is 2.11. The normalized spacial score (nSPS) is 10.5. The molecule has 0 aromatic rings. The van der Waals surface area contributed by atoms with E-state index in [1.807, 2.05) is 6.92 Å². The van der Waals surface area contributed by atoms with Crippen LogP contribution in [-0.2, 0) is 4.79 Å². The molecule has 0 spiro atoms. The summed E-state index contributed by atoms with van der Waals surface area (Å²) >= 11 is 0. The third-order valence-corrected chi connectivity index (χ3v) is 1.85. The first-order chi connectivity index (χ1) is 7.07. The highest BCUT2D eigenvalue weighted by Crippen LogP contribution is 1.95. The molecule has 0 radical (unpaired) electrons. The van der Waals surface area contributed by atoms with E-state index in [0.717, 1.165) is 6.42 Å². The Bertz CT molecular complexity index is 221. The Labute approximate surface area is 115 Å². The zero-order chi connectivity index (χ0) is 11.7. The second-order valence-corrected chi connectivity index (χ2v) is 3.35. The van der Waals surface area contributed by atoms with Crippen molar-refractivity contribution in [2.45, 2.75) is 32.2 Å². The molecule has 104 valence electrons. The quantitative estimate of drug-likeness (QED) is 0.293. The van der Waals surface area contributed by atoms with Crippen molar-refractivity contribution in [3.63, 3.8) is 0 Å². The predicted molar refractivity (Wildman–Crippen MR) is 75.7 cm³/mol. The minimum Gasteiger partial charge on any atom is -0.370 e. The molecule has 0 unspecified atom stereocenters. The van der Waals surface area contributed by atoms with Gasteiger partial charge in [-0.15, -0.1) is 24.8 Å². The number of amides is 1. The van der Waals surface area contributed by atoms with E-state index in [0.29, 0.717) is 25.9 Å². The number of hydrogen-bond acceptors (Lipinski definition) is 3. The van der Waals surface area contributed by atoms with Crippen molar-refractivity contribution in [3.8, 4) is 0 Å². The Morgan fingerprint density at radius 1 is 1.35 bits per heavy atom. The summed E-state index contributed by atoms with van der Waals surface area (Å²) in [6, 6.07) is -0.467. The molecule has 0 aliphatic heterocycles. The second kappa shape index (κ2) is 13.3. The third kappa shape index (κ3) is 13.2. The van der Waals surface area contributed by atoms with E-state index in [9.17, 15) is 4.79 Å². The molecule has 0 rings (SSSR count). The van der Waals surface area contributed by atoms with E-state index in [2.05, 4.69) is 10.3 Å². The van der Waals surface area contributed by atoms with Crippen LogP contribution in [0.1, 0.15) is 26.2 Å². The molecule has 7 N–H and O–H groups in total. The van der Waals surface area contributed by atoms with Gasteiger partial charge in [0.05, 0.1) is 6.04 Å². The number of carbonyl (C=O) groups excluding carboxylic acids is 1. The number of nitrogens with zero attached hydrogens (tertiary/aromatic N) is 1. The van der Waals surface area contributed by atoms with Gasteiger partial charge in [0.25, 0.3) is 0 Å². The van der Waals surface area contributed by atoms with E-state index >= 15 is 0 Å². The van der Waals surface area contributed by atoms with Crippen molar-refractivity contribution < 1.29 is 4.79 Å². The van der Waals surface area contributed by atoms with Gasteiger partial charge in [-0.2, -0.15) is 0 Å². The number of guanidine groups is 1. The zero-order valence-corrected chi connectivity index (χ0v) is 11.6. The fourth-order valence-electron chi connectivity index (χ4n) is 1.03. The molecular weight excluding hydrogens is 265 g/mol. The molecule has 0 saturated heterocycles. The summed E-state index contributed by atoms with van der Waals surface area (Å²) in [4.78, 5) is 15.1. The summed E-state index contributed by atoms with van der Waals surface area (Å²) in [6.07, 6.45) is 2.21. The smallest absolute Gasteiger partial charge is 0.236 e. The van der Waals surface area contributed by atoms with Gasteiger partial charge >= 0.3 is 0 Å². The van der Waals surface area contributed by atoms with Crippen molar-refractivity contribution in [1.82, 2.24) is 5.32 Å². The van der Waals surface area contributed by atoms with Crippen LogP contribution in [0.25, 0.3) is 0 Å². The average molecular weight is 288 g/mol. The van der Waals surface area contributed by atoms with Gasteiger partial charge in [-0.05, 0) is 19.3 Å². The molecule has 8 heteroatoms. The Balaban J connectivity index is -0.000000980. The van der Waals surface area contributed by atoms with Gasteiger partial charge in [-0.3, -0.25) is 9.79 Å². The molecule has 6 nitrogen and oxygen atoms in total. The molecular formula is C9H23Cl2N5O.